The Hall–Kier alpha value is -2.44. The van der Waals surface area contributed by atoms with E-state index in [1.54, 1.807) is 6.92 Å². The highest BCUT2D eigenvalue weighted by Crippen LogP contribution is 2.07. The van der Waals surface area contributed by atoms with Crippen molar-refractivity contribution in [2.45, 2.75) is 6.92 Å². The molecule has 0 aliphatic rings. The van der Waals surface area contributed by atoms with Crippen molar-refractivity contribution in [1.29, 1.82) is 0 Å². The summed E-state index contributed by atoms with van der Waals surface area (Å²) in [5.41, 5.74) is 6.29. The van der Waals surface area contributed by atoms with Crippen LogP contribution in [0.1, 0.15) is 16.2 Å². The fraction of sp³-hybridized carbons (Fsp3) is 0.111. The van der Waals surface area contributed by atoms with E-state index < -0.39 is 5.91 Å². The van der Waals surface area contributed by atoms with E-state index in [-0.39, 0.29) is 11.3 Å². The monoisotopic (exact) mass is 219 g/mol. The molecular weight excluding hydrogens is 210 g/mol. The Morgan fingerprint density at radius 1 is 1.56 bits per heavy atom. The average Bonchev–Trinajstić information content (AvgIpc) is 2.59. The summed E-state index contributed by atoms with van der Waals surface area (Å²) in [4.78, 5) is 28.6. The van der Waals surface area contributed by atoms with E-state index in [9.17, 15) is 9.59 Å². The second-order valence-electron chi connectivity index (χ2n) is 3.22. The normalized spacial score (nSPS) is 10.3. The van der Waals surface area contributed by atoms with Crippen molar-refractivity contribution >= 4 is 11.6 Å². The lowest BCUT2D eigenvalue weighted by Crippen LogP contribution is -2.17. The van der Waals surface area contributed by atoms with Crippen LogP contribution in [0.4, 0.5) is 5.69 Å². The molecule has 0 aliphatic heterocycles. The number of nitrogens with zero attached hydrogens (tertiary/aromatic N) is 3. The van der Waals surface area contributed by atoms with Gasteiger partial charge in [0.1, 0.15) is 5.69 Å². The van der Waals surface area contributed by atoms with Gasteiger partial charge in [0.15, 0.2) is 0 Å². The number of H-pyrrole nitrogens is 1. The standard InChI is InChI=1S/C9H9N5O2/c1-5-6(10)4-14(13-5)9(16)7-2-12-8(15)3-11-7/h2-4H,10H2,1H3,(H,12,15). The third-order valence-corrected chi connectivity index (χ3v) is 2.04. The molecule has 0 saturated carbocycles. The molecule has 2 aromatic heterocycles. The van der Waals surface area contributed by atoms with Crippen molar-refractivity contribution < 1.29 is 4.79 Å². The summed E-state index contributed by atoms with van der Waals surface area (Å²) < 4.78 is 1.09. The van der Waals surface area contributed by atoms with Crippen molar-refractivity contribution in [3.05, 3.63) is 40.3 Å². The van der Waals surface area contributed by atoms with Crippen LogP contribution in [0.5, 0.6) is 0 Å². The van der Waals surface area contributed by atoms with Gasteiger partial charge in [-0.15, -0.1) is 0 Å². The number of carbonyl (C=O) groups is 1. The molecule has 2 aromatic rings. The largest absolute Gasteiger partial charge is 0.396 e. The Balaban J connectivity index is 2.39. The Morgan fingerprint density at radius 3 is 2.81 bits per heavy atom. The number of rotatable bonds is 1. The molecule has 7 heteroatoms. The number of hydrogen-bond acceptors (Lipinski definition) is 5. The lowest BCUT2D eigenvalue weighted by Gasteiger charge is -1.97. The highest BCUT2D eigenvalue weighted by atomic mass is 16.2. The first-order valence-electron chi connectivity index (χ1n) is 4.49. The zero-order valence-corrected chi connectivity index (χ0v) is 8.47. The molecule has 0 aliphatic carbocycles. The molecule has 0 atom stereocenters. The summed E-state index contributed by atoms with van der Waals surface area (Å²) in [5, 5.41) is 3.92. The molecule has 0 spiro atoms. The van der Waals surface area contributed by atoms with E-state index in [4.69, 9.17) is 5.73 Å². The van der Waals surface area contributed by atoms with Gasteiger partial charge in [0.25, 0.3) is 11.5 Å². The van der Waals surface area contributed by atoms with Gasteiger partial charge in [-0.25, -0.2) is 9.67 Å². The van der Waals surface area contributed by atoms with Gasteiger partial charge in [-0.2, -0.15) is 5.10 Å². The third-order valence-electron chi connectivity index (χ3n) is 2.04. The molecule has 16 heavy (non-hydrogen) atoms. The van der Waals surface area contributed by atoms with Crippen LogP contribution in [-0.2, 0) is 0 Å². The number of anilines is 1. The van der Waals surface area contributed by atoms with Gasteiger partial charge in [-0.3, -0.25) is 9.59 Å². The second kappa shape index (κ2) is 3.61. The van der Waals surface area contributed by atoms with Crippen LogP contribution in [0, 0.1) is 6.92 Å². The average molecular weight is 219 g/mol. The van der Waals surface area contributed by atoms with Gasteiger partial charge >= 0.3 is 0 Å². The quantitative estimate of drug-likeness (QED) is 0.675. The molecule has 0 fully saturated rings. The lowest BCUT2D eigenvalue weighted by molar-refractivity contribution is 0.0939. The van der Waals surface area contributed by atoms with Crippen LogP contribution in [0.25, 0.3) is 0 Å². The summed E-state index contributed by atoms with van der Waals surface area (Å²) >= 11 is 0. The molecule has 7 nitrogen and oxygen atoms in total. The van der Waals surface area contributed by atoms with Crippen LogP contribution in [0.2, 0.25) is 0 Å². The van der Waals surface area contributed by atoms with Crippen molar-refractivity contribution in [2.75, 3.05) is 5.73 Å². The topological polar surface area (TPSA) is 107 Å². The number of hydrogen-bond donors (Lipinski definition) is 2. The van der Waals surface area contributed by atoms with Crippen LogP contribution >= 0.6 is 0 Å². The van der Waals surface area contributed by atoms with E-state index >= 15 is 0 Å². The number of aromatic nitrogens is 4. The summed E-state index contributed by atoms with van der Waals surface area (Å²) in [6, 6.07) is 0. The highest BCUT2D eigenvalue weighted by molar-refractivity contribution is 5.93. The minimum atomic E-state index is -0.448. The number of nitrogen functional groups attached to an aromatic ring is 1. The number of aromatic amines is 1. The fourth-order valence-electron chi connectivity index (χ4n) is 1.15. The molecule has 0 unspecified atom stereocenters. The molecular formula is C9H9N5O2. The number of aryl methyl sites for hydroxylation is 1. The van der Waals surface area contributed by atoms with E-state index in [2.05, 4.69) is 15.1 Å². The summed E-state index contributed by atoms with van der Waals surface area (Å²) in [5.74, 6) is -0.448. The third kappa shape index (κ3) is 1.70. The lowest BCUT2D eigenvalue weighted by atomic mass is 10.4. The Bertz CT molecular complexity index is 558. The van der Waals surface area contributed by atoms with Crippen molar-refractivity contribution in [1.82, 2.24) is 19.7 Å². The maximum atomic E-state index is 11.8. The summed E-state index contributed by atoms with van der Waals surface area (Å²) in [6.45, 7) is 1.69. The second-order valence-corrected chi connectivity index (χ2v) is 3.22. The van der Waals surface area contributed by atoms with Gasteiger partial charge in [0, 0.05) is 6.20 Å². The Kier molecular flexibility index (Phi) is 2.28. The molecule has 2 rings (SSSR count). The van der Waals surface area contributed by atoms with E-state index in [1.807, 2.05) is 0 Å². The van der Waals surface area contributed by atoms with Gasteiger partial charge in [-0.05, 0) is 6.92 Å². The number of nitrogens with one attached hydrogen (secondary N) is 1. The molecule has 0 bridgehead atoms. The van der Waals surface area contributed by atoms with Crippen molar-refractivity contribution in [2.24, 2.45) is 0 Å². The van der Waals surface area contributed by atoms with E-state index in [0.29, 0.717) is 11.4 Å². The van der Waals surface area contributed by atoms with Gasteiger partial charge in [-0.1, -0.05) is 0 Å². The predicted octanol–water partition coefficient (Wildman–Crippen LogP) is -0.454. The van der Waals surface area contributed by atoms with Crippen LogP contribution in [-0.4, -0.2) is 25.7 Å². The summed E-state index contributed by atoms with van der Waals surface area (Å²) in [7, 11) is 0. The molecule has 2 heterocycles. The van der Waals surface area contributed by atoms with Gasteiger partial charge in [0.2, 0.25) is 0 Å². The minimum Gasteiger partial charge on any atom is -0.396 e. The fourth-order valence-corrected chi connectivity index (χ4v) is 1.15. The van der Waals surface area contributed by atoms with E-state index in [1.165, 1.54) is 12.4 Å². The minimum absolute atomic E-state index is 0.0992. The molecule has 0 aromatic carbocycles. The van der Waals surface area contributed by atoms with Crippen molar-refractivity contribution in [3.8, 4) is 0 Å². The molecule has 0 saturated heterocycles. The Morgan fingerprint density at radius 2 is 2.31 bits per heavy atom. The number of carbonyl (C=O) groups excluding carboxylic acids is 1. The predicted molar refractivity (Wildman–Crippen MR) is 56.0 cm³/mol. The van der Waals surface area contributed by atoms with E-state index in [0.717, 1.165) is 10.9 Å². The zero-order chi connectivity index (χ0) is 11.7. The molecule has 0 radical (unpaired) electrons. The highest BCUT2D eigenvalue weighted by Gasteiger charge is 2.12. The Labute approximate surface area is 89.9 Å². The van der Waals surface area contributed by atoms with Gasteiger partial charge < -0.3 is 10.7 Å². The van der Waals surface area contributed by atoms with Crippen LogP contribution < -0.4 is 11.3 Å². The SMILES string of the molecule is Cc1nn(C(=O)c2c[nH]c(=O)cn2)cc1N. The maximum absolute atomic E-state index is 11.8. The summed E-state index contributed by atoms with van der Waals surface area (Å²) in [6.07, 6.45) is 3.68. The zero-order valence-electron chi connectivity index (χ0n) is 8.47. The molecule has 3 N–H and O–H groups in total. The van der Waals surface area contributed by atoms with Crippen molar-refractivity contribution in [3.63, 3.8) is 0 Å². The van der Waals surface area contributed by atoms with Crippen LogP contribution in [0.3, 0.4) is 0 Å². The van der Waals surface area contributed by atoms with Gasteiger partial charge in [0.05, 0.1) is 23.8 Å². The smallest absolute Gasteiger partial charge is 0.298 e. The first kappa shape index (κ1) is 10.1. The number of nitrogens with two attached hydrogens (primary N) is 1. The molecule has 82 valence electrons. The first-order chi connectivity index (χ1) is 7.58. The first-order valence-corrected chi connectivity index (χ1v) is 4.49. The molecule has 0 amide bonds. The van der Waals surface area contributed by atoms with Crippen LogP contribution in [0.15, 0.2) is 23.4 Å². The maximum Gasteiger partial charge on any atom is 0.298 e.